The first kappa shape index (κ1) is 29.9. The summed E-state index contributed by atoms with van der Waals surface area (Å²) in [6.45, 7) is 5.49. The fourth-order valence-corrected chi connectivity index (χ4v) is 5.48. The summed E-state index contributed by atoms with van der Waals surface area (Å²) in [6.07, 6.45) is 2.42. The summed E-state index contributed by atoms with van der Waals surface area (Å²) < 4.78 is 7.84. The molecule has 0 unspecified atom stereocenters. The van der Waals surface area contributed by atoms with E-state index in [1.165, 1.54) is 5.39 Å². The van der Waals surface area contributed by atoms with Crippen molar-refractivity contribution in [1.82, 2.24) is 14.5 Å². The van der Waals surface area contributed by atoms with Gasteiger partial charge in [-0.2, -0.15) is 0 Å². The molecule has 0 saturated carbocycles. The van der Waals surface area contributed by atoms with E-state index in [9.17, 15) is 4.79 Å². The number of rotatable bonds is 14. The topological polar surface area (TPSA) is 123 Å². The Labute approximate surface area is 252 Å². The summed E-state index contributed by atoms with van der Waals surface area (Å²) in [6, 6.07) is 28.1. The van der Waals surface area contributed by atoms with Crippen LogP contribution >= 0.6 is 0 Å². The molecule has 5 N–H and O–H groups in total. The Morgan fingerprint density at radius 1 is 0.930 bits per heavy atom. The number of nitrogens with zero attached hydrogens (tertiary/aromatic N) is 3. The van der Waals surface area contributed by atoms with Gasteiger partial charge in [-0.15, -0.1) is 0 Å². The van der Waals surface area contributed by atoms with E-state index in [2.05, 4.69) is 34.9 Å². The van der Waals surface area contributed by atoms with Crippen LogP contribution in [0.5, 0.6) is 0 Å². The van der Waals surface area contributed by atoms with E-state index in [1.807, 2.05) is 66.4 Å². The van der Waals surface area contributed by atoms with Gasteiger partial charge in [0.2, 0.25) is 0 Å². The van der Waals surface area contributed by atoms with E-state index in [1.54, 1.807) is 0 Å². The van der Waals surface area contributed by atoms with Crippen molar-refractivity contribution in [3.63, 3.8) is 0 Å². The highest BCUT2D eigenvalue weighted by Crippen LogP contribution is 2.23. The Morgan fingerprint density at radius 3 is 2.42 bits per heavy atom. The molecule has 5 aromatic rings. The van der Waals surface area contributed by atoms with Crippen LogP contribution in [0.2, 0.25) is 0 Å². The summed E-state index contributed by atoms with van der Waals surface area (Å²) in [5.74, 6) is 0.982. The SMILES string of the molecule is CCOCCCn1c(CCc2ccc(C(=N)N)cc2)nc2cc(C(=O)N(CCN)Cc3ccc4ccccc4c3)ccc21. The number of nitrogen functional groups attached to an aromatic ring is 1. The Kier molecular flexibility index (Phi) is 9.81. The Hall–Kier alpha value is -4.53. The normalized spacial score (nSPS) is 11.3. The van der Waals surface area contributed by atoms with Gasteiger partial charge in [0, 0.05) is 56.9 Å². The average Bonchev–Trinajstić information content (AvgIpc) is 3.38. The van der Waals surface area contributed by atoms with Crippen molar-refractivity contribution in [3.05, 3.63) is 113 Å². The number of hydrogen-bond acceptors (Lipinski definition) is 5. The minimum absolute atomic E-state index is 0.0569. The molecule has 0 aliphatic heterocycles. The molecule has 0 fully saturated rings. The number of imidazole rings is 1. The summed E-state index contributed by atoms with van der Waals surface area (Å²) in [7, 11) is 0. The van der Waals surface area contributed by atoms with Crippen LogP contribution in [-0.2, 0) is 30.7 Å². The van der Waals surface area contributed by atoms with E-state index < -0.39 is 0 Å². The number of nitrogens with two attached hydrogens (primary N) is 2. The first-order valence-corrected chi connectivity index (χ1v) is 14.9. The van der Waals surface area contributed by atoms with Crippen LogP contribution in [0.3, 0.4) is 0 Å². The number of fused-ring (bicyclic) bond motifs is 2. The highest BCUT2D eigenvalue weighted by atomic mass is 16.5. The molecule has 8 heteroatoms. The van der Waals surface area contributed by atoms with E-state index in [0.717, 1.165) is 59.2 Å². The quantitative estimate of drug-likeness (QED) is 0.0942. The fraction of sp³-hybridized carbons (Fsp3) is 0.286. The first-order valence-electron chi connectivity index (χ1n) is 14.9. The molecule has 0 saturated heterocycles. The fourth-order valence-electron chi connectivity index (χ4n) is 5.48. The Morgan fingerprint density at radius 2 is 1.67 bits per heavy atom. The van der Waals surface area contributed by atoms with Crippen molar-refractivity contribution in [2.45, 2.75) is 39.3 Å². The molecule has 0 radical (unpaired) electrons. The molecule has 1 amide bonds. The monoisotopic (exact) mass is 576 g/mol. The molecule has 4 aromatic carbocycles. The lowest BCUT2D eigenvalue weighted by Crippen LogP contribution is -2.34. The Bertz CT molecular complexity index is 1710. The van der Waals surface area contributed by atoms with Crippen molar-refractivity contribution in [2.24, 2.45) is 11.5 Å². The van der Waals surface area contributed by atoms with Crippen molar-refractivity contribution in [2.75, 3.05) is 26.3 Å². The molecule has 0 bridgehead atoms. The van der Waals surface area contributed by atoms with Gasteiger partial charge in [0.1, 0.15) is 11.7 Å². The van der Waals surface area contributed by atoms with Crippen LogP contribution in [0.15, 0.2) is 84.9 Å². The average molecular weight is 577 g/mol. The number of aromatic nitrogens is 2. The van der Waals surface area contributed by atoms with Crippen LogP contribution < -0.4 is 11.5 Å². The lowest BCUT2D eigenvalue weighted by atomic mass is 10.1. The van der Waals surface area contributed by atoms with Gasteiger partial charge in [0.05, 0.1) is 11.0 Å². The van der Waals surface area contributed by atoms with Gasteiger partial charge in [-0.3, -0.25) is 10.2 Å². The van der Waals surface area contributed by atoms with E-state index >= 15 is 0 Å². The number of carbonyl (C=O) groups excluding carboxylic acids is 1. The van der Waals surface area contributed by atoms with Gasteiger partial charge >= 0.3 is 0 Å². The number of amides is 1. The second kappa shape index (κ2) is 14.1. The molecule has 43 heavy (non-hydrogen) atoms. The van der Waals surface area contributed by atoms with Crippen molar-refractivity contribution >= 4 is 33.5 Å². The maximum atomic E-state index is 13.8. The van der Waals surface area contributed by atoms with Crippen molar-refractivity contribution < 1.29 is 9.53 Å². The predicted octanol–water partition coefficient (Wildman–Crippen LogP) is 5.29. The van der Waals surface area contributed by atoms with Gasteiger partial charge in [-0.1, -0.05) is 60.7 Å². The number of ether oxygens (including phenoxy) is 1. The lowest BCUT2D eigenvalue weighted by molar-refractivity contribution is 0.0748. The third-order valence-electron chi connectivity index (χ3n) is 7.72. The number of amidine groups is 1. The van der Waals surface area contributed by atoms with Gasteiger partial charge in [-0.05, 0) is 65.9 Å². The molecule has 8 nitrogen and oxygen atoms in total. The molecule has 1 heterocycles. The highest BCUT2D eigenvalue weighted by Gasteiger charge is 2.19. The molecular formula is C35H40N6O2. The summed E-state index contributed by atoms with van der Waals surface area (Å²) in [4.78, 5) is 20.6. The third kappa shape index (κ3) is 7.28. The van der Waals surface area contributed by atoms with Crippen molar-refractivity contribution in [3.8, 4) is 0 Å². The standard InChI is InChI=1S/C35H40N6O2/c1-2-43-21-5-19-41-32-16-15-30(23-31(32)39-33(41)17-11-25-8-13-28(14-9-25)34(37)38)35(42)40(20-18-36)24-26-10-12-27-6-3-4-7-29(27)22-26/h3-4,6-10,12-16,22-23H,2,5,11,17-21,24,36H2,1H3,(H3,37,38). The minimum atomic E-state index is -0.0569. The van der Waals surface area contributed by atoms with Crippen LogP contribution in [0.25, 0.3) is 21.8 Å². The molecule has 0 aliphatic rings. The molecule has 0 atom stereocenters. The van der Waals surface area contributed by atoms with Gasteiger partial charge in [0.25, 0.3) is 5.91 Å². The zero-order chi connectivity index (χ0) is 30.2. The number of hydrogen-bond donors (Lipinski definition) is 3. The maximum Gasteiger partial charge on any atom is 0.254 e. The molecule has 222 valence electrons. The number of benzene rings is 4. The predicted molar refractivity (Wildman–Crippen MR) is 173 cm³/mol. The number of aryl methyl sites for hydroxylation is 3. The molecule has 1 aromatic heterocycles. The lowest BCUT2D eigenvalue weighted by Gasteiger charge is -2.22. The third-order valence-corrected chi connectivity index (χ3v) is 7.72. The second-order valence-corrected chi connectivity index (χ2v) is 10.7. The summed E-state index contributed by atoms with van der Waals surface area (Å²) in [5, 5.41) is 9.96. The highest BCUT2D eigenvalue weighted by molar-refractivity contribution is 5.97. The largest absolute Gasteiger partial charge is 0.384 e. The zero-order valence-corrected chi connectivity index (χ0v) is 24.8. The van der Waals surface area contributed by atoms with Crippen LogP contribution in [0, 0.1) is 5.41 Å². The zero-order valence-electron chi connectivity index (χ0n) is 24.8. The maximum absolute atomic E-state index is 13.8. The summed E-state index contributed by atoms with van der Waals surface area (Å²) in [5.41, 5.74) is 16.9. The Balaban J connectivity index is 1.38. The van der Waals surface area contributed by atoms with Crippen LogP contribution in [-0.4, -0.2) is 52.5 Å². The van der Waals surface area contributed by atoms with Crippen LogP contribution in [0.1, 0.15) is 46.2 Å². The molecular weight excluding hydrogens is 536 g/mol. The smallest absolute Gasteiger partial charge is 0.254 e. The first-order chi connectivity index (χ1) is 21.0. The minimum Gasteiger partial charge on any atom is -0.384 e. The molecule has 5 rings (SSSR count). The van der Waals surface area contributed by atoms with Gasteiger partial charge in [-0.25, -0.2) is 4.98 Å². The van der Waals surface area contributed by atoms with E-state index in [4.69, 9.17) is 26.6 Å². The second-order valence-electron chi connectivity index (χ2n) is 10.7. The number of nitrogens with one attached hydrogen (secondary N) is 1. The van der Waals surface area contributed by atoms with Gasteiger partial charge < -0.3 is 25.7 Å². The van der Waals surface area contributed by atoms with Crippen molar-refractivity contribution in [1.29, 1.82) is 5.41 Å². The van der Waals surface area contributed by atoms with E-state index in [-0.39, 0.29) is 11.7 Å². The number of carbonyl (C=O) groups is 1. The molecule has 0 aliphatic carbocycles. The van der Waals surface area contributed by atoms with Gasteiger partial charge in [0.15, 0.2) is 0 Å². The van der Waals surface area contributed by atoms with Crippen LogP contribution in [0.4, 0.5) is 0 Å². The van der Waals surface area contributed by atoms with E-state index in [0.29, 0.717) is 44.0 Å². The molecule has 0 spiro atoms. The summed E-state index contributed by atoms with van der Waals surface area (Å²) >= 11 is 0.